The minimum absolute atomic E-state index is 0.149. The second-order valence-corrected chi connectivity index (χ2v) is 3.44. The van der Waals surface area contributed by atoms with E-state index in [2.05, 4.69) is 5.32 Å². The van der Waals surface area contributed by atoms with E-state index >= 15 is 0 Å². The van der Waals surface area contributed by atoms with Gasteiger partial charge in [-0.2, -0.15) is 0 Å². The van der Waals surface area contributed by atoms with Crippen molar-refractivity contribution in [3.8, 4) is 0 Å². The predicted octanol–water partition coefficient (Wildman–Crippen LogP) is 0.241. The zero-order valence-electron chi connectivity index (χ0n) is 7.84. The Morgan fingerprint density at radius 3 is 2.38 bits per heavy atom. The third-order valence-corrected chi connectivity index (χ3v) is 2.04. The van der Waals surface area contributed by atoms with Crippen molar-refractivity contribution < 1.29 is 9.59 Å². The van der Waals surface area contributed by atoms with Gasteiger partial charge < -0.3 is 11.1 Å². The van der Waals surface area contributed by atoms with E-state index in [1.807, 2.05) is 0 Å². The van der Waals surface area contributed by atoms with Crippen LogP contribution in [0.25, 0.3) is 0 Å². The van der Waals surface area contributed by atoms with Gasteiger partial charge in [-0.3, -0.25) is 9.59 Å². The van der Waals surface area contributed by atoms with Crippen molar-refractivity contribution in [2.45, 2.75) is 26.3 Å². The fourth-order valence-corrected chi connectivity index (χ4v) is 0.948. The fourth-order valence-electron chi connectivity index (χ4n) is 0.808. The van der Waals surface area contributed by atoms with Crippen LogP contribution >= 0.6 is 11.6 Å². The Kier molecular flexibility index (Phi) is 5.46. The standard InChI is InChI=1S/C8H15ClN2O2/c1-5(4-9)8(13)11-6(2)3-7(10)12/h5-6H,3-4H2,1-2H3,(H2,10,12)(H,11,13). The van der Waals surface area contributed by atoms with E-state index in [9.17, 15) is 9.59 Å². The number of carbonyl (C=O) groups excluding carboxylic acids is 2. The monoisotopic (exact) mass is 206 g/mol. The van der Waals surface area contributed by atoms with Crippen molar-refractivity contribution in [2.75, 3.05) is 5.88 Å². The average Bonchev–Trinajstić information content (AvgIpc) is 2.01. The van der Waals surface area contributed by atoms with Gasteiger partial charge in [0, 0.05) is 24.3 Å². The molecule has 0 aromatic rings. The van der Waals surface area contributed by atoms with Crippen LogP contribution in [-0.2, 0) is 9.59 Å². The highest BCUT2D eigenvalue weighted by Crippen LogP contribution is 1.99. The van der Waals surface area contributed by atoms with Crippen LogP contribution in [0.1, 0.15) is 20.3 Å². The molecule has 0 spiro atoms. The normalized spacial score (nSPS) is 14.7. The molecule has 13 heavy (non-hydrogen) atoms. The van der Waals surface area contributed by atoms with Gasteiger partial charge in [0.05, 0.1) is 0 Å². The molecule has 0 rings (SSSR count). The van der Waals surface area contributed by atoms with Crippen LogP contribution in [0.2, 0.25) is 0 Å². The molecule has 0 radical (unpaired) electrons. The lowest BCUT2D eigenvalue weighted by atomic mass is 10.1. The Balaban J connectivity index is 3.84. The summed E-state index contributed by atoms with van der Waals surface area (Å²) in [6, 6.07) is -0.226. The second kappa shape index (κ2) is 5.80. The lowest BCUT2D eigenvalue weighted by molar-refractivity contribution is -0.124. The molecule has 0 saturated heterocycles. The summed E-state index contributed by atoms with van der Waals surface area (Å²) in [6.45, 7) is 3.45. The summed E-state index contributed by atoms with van der Waals surface area (Å²) < 4.78 is 0. The third-order valence-electron chi connectivity index (χ3n) is 1.58. The fraction of sp³-hybridized carbons (Fsp3) is 0.750. The molecular weight excluding hydrogens is 192 g/mol. The molecule has 2 atom stereocenters. The molecule has 2 unspecified atom stereocenters. The first-order valence-corrected chi connectivity index (χ1v) is 4.65. The number of carbonyl (C=O) groups is 2. The van der Waals surface area contributed by atoms with Gasteiger partial charge in [-0.25, -0.2) is 0 Å². The smallest absolute Gasteiger partial charge is 0.224 e. The van der Waals surface area contributed by atoms with Crippen molar-refractivity contribution in [3.63, 3.8) is 0 Å². The van der Waals surface area contributed by atoms with Gasteiger partial charge in [-0.1, -0.05) is 6.92 Å². The van der Waals surface area contributed by atoms with Crippen molar-refractivity contribution >= 4 is 23.4 Å². The molecule has 76 valence electrons. The van der Waals surface area contributed by atoms with E-state index in [4.69, 9.17) is 17.3 Å². The van der Waals surface area contributed by atoms with Gasteiger partial charge in [-0.15, -0.1) is 11.6 Å². The average molecular weight is 207 g/mol. The first-order valence-electron chi connectivity index (χ1n) is 4.12. The Hall–Kier alpha value is -0.770. The maximum absolute atomic E-state index is 11.2. The summed E-state index contributed by atoms with van der Waals surface area (Å²) in [5.74, 6) is -0.540. The zero-order valence-corrected chi connectivity index (χ0v) is 8.60. The SMILES string of the molecule is CC(CC(N)=O)NC(=O)C(C)CCl. The highest BCUT2D eigenvalue weighted by atomic mass is 35.5. The number of hydrogen-bond donors (Lipinski definition) is 2. The Morgan fingerprint density at radius 2 is 2.00 bits per heavy atom. The van der Waals surface area contributed by atoms with Crippen LogP contribution in [0.15, 0.2) is 0 Å². The van der Waals surface area contributed by atoms with E-state index in [0.717, 1.165) is 0 Å². The van der Waals surface area contributed by atoms with Crippen LogP contribution in [-0.4, -0.2) is 23.7 Å². The summed E-state index contributed by atoms with van der Waals surface area (Å²) >= 11 is 5.48. The van der Waals surface area contributed by atoms with Gasteiger partial charge >= 0.3 is 0 Å². The summed E-state index contributed by atoms with van der Waals surface area (Å²) in [4.78, 5) is 21.7. The van der Waals surface area contributed by atoms with Gasteiger partial charge in [0.25, 0.3) is 0 Å². The van der Waals surface area contributed by atoms with Crippen molar-refractivity contribution in [1.29, 1.82) is 0 Å². The molecular formula is C8H15ClN2O2. The first kappa shape index (κ1) is 12.2. The molecule has 0 bridgehead atoms. The molecule has 0 aromatic heterocycles. The third kappa shape index (κ3) is 5.47. The molecule has 0 aliphatic rings. The number of amides is 2. The van der Waals surface area contributed by atoms with Crippen molar-refractivity contribution in [3.05, 3.63) is 0 Å². The highest BCUT2D eigenvalue weighted by molar-refractivity contribution is 6.19. The summed E-state index contributed by atoms with van der Waals surface area (Å²) in [5.41, 5.74) is 4.96. The summed E-state index contributed by atoms with van der Waals surface area (Å²) in [7, 11) is 0. The number of alkyl halides is 1. The van der Waals surface area contributed by atoms with E-state index < -0.39 is 5.91 Å². The number of primary amides is 1. The number of nitrogens with two attached hydrogens (primary N) is 1. The molecule has 0 fully saturated rings. The second-order valence-electron chi connectivity index (χ2n) is 3.14. The Bertz CT molecular complexity index is 197. The molecule has 0 saturated carbocycles. The predicted molar refractivity (Wildman–Crippen MR) is 51.3 cm³/mol. The largest absolute Gasteiger partial charge is 0.370 e. The van der Waals surface area contributed by atoms with Gasteiger partial charge in [0.1, 0.15) is 0 Å². The molecule has 5 heteroatoms. The summed E-state index contributed by atoms with van der Waals surface area (Å²) in [6.07, 6.45) is 0.154. The van der Waals surface area contributed by atoms with E-state index in [1.54, 1.807) is 13.8 Å². The minimum atomic E-state index is -0.425. The van der Waals surface area contributed by atoms with Crippen LogP contribution in [0.3, 0.4) is 0 Å². The van der Waals surface area contributed by atoms with Crippen molar-refractivity contribution in [1.82, 2.24) is 5.32 Å². The molecule has 4 nitrogen and oxygen atoms in total. The quantitative estimate of drug-likeness (QED) is 0.633. The van der Waals surface area contributed by atoms with E-state index in [1.165, 1.54) is 0 Å². The van der Waals surface area contributed by atoms with Crippen LogP contribution in [0.5, 0.6) is 0 Å². The lowest BCUT2D eigenvalue weighted by Crippen LogP contribution is -2.39. The maximum Gasteiger partial charge on any atom is 0.224 e. The van der Waals surface area contributed by atoms with Crippen molar-refractivity contribution in [2.24, 2.45) is 11.7 Å². The number of nitrogens with one attached hydrogen (secondary N) is 1. The molecule has 0 aliphatic carbocycles. The minimum Gasteiger partial charge on any atom is -0.370 e. The van der Waals surface area contributed by atoms with E-state index in [0.29, 0.717) is 0 Å². The van der Waals surface area contributed by atoms with Gasteiger partial charge in [0.2, 0.25) is 11.8 Å². The highest BCUT2D eigenvalue weighted by Gasteiger charge is 2.14. The van der Waals surface area contributed by atoms with E-state index in [-0.39, 0.29) is 30.2 Å². The molecule has 0 aromatic carbocycles. The summed E-state index contributed by atoms with van der Waals surface area (Å²) in [5, 5.41) is 2.64. The zero-order chi connectivity index (χ0) is 10.4. The Labute approximate surface area is 82.8 Å². The number of rotatable bonds is 5. The Morgan fingerprint density at radius 1 is 1.46 bits per heavy atom. The lowest BCUT2D eigenvalue weighted by Gasteiger charge is -2.14. The molecule has 3 N–H and O–H groups in total. The topological polar surface area (TPSA) is 72.2 Å². The van der Waals surface area contributed by atoms with Crippen LogP contribution < -0.4 is 11.1 Å². The van der Waals surface area contributed by atoms with Crippen LogP contribution in [0, 0.1) is 5.92 Å². The number of halogens is 1. The molecule has 0 heterocycles. The molecule has 0 aliphatic heterocycles. The van der Waals surface area contributed by atoms with Gasteiger partial charge in [0.15, 0.2) is 0 Å². The first-order chi connectivity index (χ1) is 5.97. The van der Waals surface area contributed by atoms with Crippen LogP contribution in [0.4, 0.5) is 0 Å². The maximum atomic E-state index is 11.2. The number of hydrogen-bond acceptors (Lipinski definition) is 2. The molecule has 2 amide bonds. The van der Waals surface area contributed by atoms with Gasteiger partial charge in [-0.05, 0) is 6.92 Å².